The quantitative estimate of drug-likeness (QED) is 0.562. The molecule has 0 spiro atoms. The van der Waals surface area contributed by atoms with Crippen LogP contribution in [-0.4, -0.2) is 49.6 Å². The summed E-state index contributed by atoms with van der Waals surface area (Å²) >= 11 is 0. The van der Waals surface area contributed by atoms with Crippen molar-refractivity contribution in [2.45, 2.75) is 45.7 Å². The molecule has 6 heteroatoms. The number of hydrogen-bond donors (Lipinski definition) is 3. The number of nitrogens with zero attached hydrogens (tertiary/aromatic N) is 2. The van der Waals surface area contributed by atoms with Crippen molar-refractivity contribution in [2.24, 2.45) is 4.99 Å². The Morgan fingerprint density at radius 2 is 2.00 bits per heavy atom. The molecule has 1 heterocycles. The molecule has 1 aromatic rings. The summed E-state index contributed by atoms with van der Waals surface area (Å²) in [5.41, 5.74) is 1.01. The van der Waals surface area contributed by atoms with Crippen LogP contribution in [0.2, 0.25) is 0 Å². The second-order valence-corrected chi connectivity index (χ2v) is 7.40. The van der Waals surface area contributed by atoms with E-state index in [1.54, 1.807) is 0 Å². The van der Waals surface area contributed by atoms with E-state index in [1.165, 1.54) is 5.69 Å². The van der Waals surface area contributed by atoms with E-state index in [9.17, 15) is 4.79 Å². The Labute approximate surface area is 151 Å². The summed E-state index contributed by atoms with van der Waals surface area (Å²) in [5, 5.41) is 9.60. The monoisotopic (exact) mass is 345 g/mol. The summed E-state index contributed by atoms with van der Waals surface area (Å²) in [5.74, 6) is 0.633. The molecule has 25 heavy (non-hydrogen) atoms. The number of anilines is 1. The van der Waals surface area contributed by atoms with Crippen molar-refractivity contribution in [3.8, 4) is 0 Å². The zero-order valence-electron chi connectivity index (χ0n) is 15.8. The average Bonchev–Trinajstić information content (AvgIpc) is 3.01. The van der Waals surface area contributed by atoms with Crippen LogP contribution in [-0.2, 0) is 4.79 Å². The SMILES string of the molecule is CCNC(=NCC(=O)NC(C)(C)C)NC1CCN(c2ccccc2)C1. The minimum Gasteiger partial charge on any atom is -0.369 e. The Kier molecular flexibility index (Phi) is 6.67. The fourth-order valence-electron chi connectivity index (χ4n) is 2.87. The molecule has 0 bridgehead atoms. The largest absolute Gasteiger partial charge is 0.369 e. The van der Waals surface area contributed by atoms with Crippen molar-refractivity contribution in [3.05, 3.63) is 30.3 Å². The maximum absolute atomic E-state index is 12.0. The Balaban J connectivity index is 1.89. The van der Waals surface area contributed by atoms with Crippen molar-refractivity contribution >= 4 is 17.6 Å². The van der Waals surface area contributed by atoms with Gasteiger partial charge in [-0.25, -0.2) is 4.99 Å². The van der Waals surface area contributed by atoms with Crippen LogP contribution in [0.4, 0.5) is 5.69 Å². The molecule has 1 aliphatic rings. The van der Waals surface area contributed by atoms with Crippen LogP contribution >= 0.6 is 0 Å². The first kappa shape index (κ1) is 19.1. The van der Waals surface area contributed by atoms with Gasteiger partial charge in [0.1, 0.15) is 6.54 Å². The summed E-state index contributed by atoms with van der Waals surface area (Å²) in [4.78, 5) is 18.8. The lowest BCUT2D eigenvalue weighted by molar-refractivity contribution is -0.121. The van der Waals surface area contributed by atoms with Crippen LogP contribution in [0.15, 0.2) is 35.3 Å². The Bertz CT molecular complexity index is 579. The number of aliphatic imine (C=N–C) groups is 1. The fraction of sp³-hybridized carbons (Fsp3) is 0.579. The molecule has 1 atom stereocenters. The molecule has 0 aliphatic carbocycles. The summed E-state index contributed by atoms with van der Waals surface area (Å²) in [6, 6.07) is 10.8. The van der Waals surface area contributed by atoms with Gasteiger partial charge in [0.05, 0.1) is 0 Å². The van der Waals surface area contributed by atoms with Crippen molar-refractivity contribution < 1.29 is 4.79 Å². The predicted molar refractivity (Wildman–Crippen MR) is 104 cm³/mol. The van der Waals surface area contributed by atoms with Crippen LogP contribution in [0.25, 0.3) is 0 Å². The average molecular weight is 345 g/mol. The lowest BCUT2D eigenvalue weighted by atomic mass is 10.1. The molecule has 6 nitrogen and oxygen atoms in total. The summed E-state index contributed by atoms with van der Waals surface area (Å²) in [6.45, 7) is 10.8. The Morgan fingerprint density at radius 1 is 1.28 bits per heavy atom. The minimum absolute atomic E-state index is 0.0676. The van der Waals surface area contributed by atoms with Gasteiger partial charge in [0.15, 0.2) is 5.96 Å². The van der Waals surface area contributed by atoms with E-state index in [0.717, 1.165) is 26.1 Å². The molecule has 1 aromatic carbocycles. The molecular formula is C19H31N5O. The van der Waals surface area contributed by atoms with E-state index >= 15 is 0 Å². The van der Waals surface area contributed by atoms with Gasteiger partial charge in [-0.05, 0) is 46.2 Å². The molecule has 1 amide bonds. The van der Waals surface area contributed by atoms with Gasteiger partial charge in [-0.2, -0.15) is 0 Å². The number of rotatable bonds is 5. The molecule has 0 aromatic heterocycles. The third kappa shape index (κ3) is 6.64. The number of benzene rings is 1. The number of para-hydroxylation sites is 1. The standard InChI is InChI=1S/C19H31N5O/c1-5-20-18(21-13-17(25)23-19(2,3)4)22-15-11-12-24(14-15)16-9-7-6-8-10-16/h6-10,15H,5,11-14H2,1-4H3,(H,23,25)(H2,20,21,22). The van der Waals surface area contributed by atoms with Gasteiger partial charge >= 0.3 is 0 Å². The highest BCUT2D eigenvalue weighted by molar-refractivity contribution is 5.85. The Morgan fingerprint density at radius 3 is 2.64 bits per heavy atom. The number of carbonyl (C=O) groups excluding carboxylic acids is 1. The predicted octanol–water partition coefficient (Wildman–Crippen LogP) is 1.74. The molecule has 138 valence electrons. The minimum atomic E-state index is -0.236. The zero-order chi connectivity index (χ0) is 18.3. The first-order valence-corrected chi connectivity index (χ1v) is 9.03. The molecule has 0 saturated carbocycles. The molecule has 1 fully saturated rings. The molecule has 0 radical (unpaired) electrons. The number of carbonyl (C=O) groups is 1. The summed E-state index contributed by atoms with van der Waals surface area (Å²) in [6.07, 6.45) is 1.05. The molecular weight excluding hydrogens is 314 g/mol. The van der Waals surface area contributed by atoms with Gasteiger partial charge in [-0.15, -0.1) is 0 Å². The van der Waals surface area contributed by atoms with Gasteiger partial charge in [0.25, 0.3) is 0 Å². The van der Waals surface area contributed by atoms with Crippen LogP contribution in [0.1, 0.15) is 34.1 Å². The van der Waals surface area contributed by atoms with Gasteiger partial charge in [0.2, 0.25) is 5.91 Å². The topological polar surface area (TPSA) is 68.8 Å². The highest BCUT2D eigenvalue weighted by Crippen LogP contribution is 2.19. The van der Waals surface area contributed by atoms with E-state index < -0.39 is 0 Å². The van der Waals surface area contributed by atoms with E-state index in [0.29, 0.717) is 12.0 Å². The van der Waals surface area contributed by atoms with E-state index in [1.807, 2.05) is 33.8 Å². The summed E-state index contributed by atoms with van der Waals surface area (Å²) < 4.78 is 0. The number of amides is 1. The fourth-order valence-corrected chi connectivity index (χ4v) is 2.87. The number of guanidine groups is 1. The van der Waals surface area contributed by atoms with E-state index in [4.69, 9.17) is 0 Å². The highest BCUT2D eigenvalue weighted by atomic mass is 16.2. The Hall–Kier alpha value is -2.24. The van der Waals surface area contributed by atoms with Crippen LogP contribution < -0.4 is 20.9 Å². The maximum atomic E-state index is 12.0. The van der Waals surface area contributed by atoms with Crippen molar-refractivity contribution in [3.63, 3.8) is 0 Å². The van der Waals surface area contributed by atoms with E-state index in [-0.39, 0.29) is 18.0 Å². The molecule has 1 unspecified atom stereocenters. The lowest BCUT2D eigenvalue weighted by Crippen LogP contribution is -2.46. The van der Waals surface area contributed by atoms with Crippen LogP contribution in [0.5, 0.6) is 0 Å². The molecule has 2 rings (SSSR count). The van der Waals surface area contributed by atoms with Gasteiger partial charge in [-0.1, -0.05) is 18.2 Å². The van der Waals surface area contributed by atoms with Gasteiger partial charge in [-0.3, -0.25) is 4.79 Å². The van der Waals surface area contributed by atoms with Crippen molar-refractivity contribution in [1.82, 2.24) is 16.0 Å². The lowest BCUT2D eigenvalue weighted by Gasteiger charge is -2.21. The first-order chi connectivity index (χ1) is 11.9. The maximum Gasteiger partial charge on any atom is 0.242 e. The zero-order valence-corrected chi connectivity index (χ0v) is 15.8. The third-order valence-corrected chi connectivity index (χ3v) is 3.89. The molecule has 1 aliphatic heterocycles. The molecule has 3 N–H and O–H groups in total. The first-order valence-electron chi connectivity index (χ1n) is 9.03. The number of hydrogen-bond acceptors (Lipinski definition) is 3. The highest BCUT2D eigenvalue weighted by Gasteiger charge is 2.23. The van der Waals surface area contributed by atoms with Crippen LogP contribution in [0, 0.1) is 0 Å². The molecule has 1 saturated heterocycles. The summed E-state index contributed by atoms with van der Waals surface area (Å²) in [7, 11) is 0. The van der Waals surface area contributed by atoms with Gasteiger partial charge in [0, 0.05) is 36.9 Å². The van der Waals surface area contributed by atoms with Crippen LogP contribution in [0.3, 0.4) is 0 Å². The second-order valence-electron chi connectivity index (χ2n) is 7.40. The van der Waals surface area contributed by atoms with Gasteiger partial charge < -0.3 is 20.9 Å². The smallest absolute Gasteiger partial charge is 0.242 e. The van der Waals surface area contributed by atoms with E-state index in [2.05, 4.69) is 50.1 Å². The second kappa shape index (κ2) is 8.74. The third-order valence-electron chi connectivity index (χ3n) is 3.89. The van der Waals surface area contributed by atoms with Crippen molar-refractivity contribution in [2.75, 3.05) is 31.1 Å². The normalized spacial score (nSPS) is 18.2. The van der Waals surface area contributed by atoms with Crippen molar-refractivity contribution in [1.29, 1.82) is 0 Å². The number of nitrogens with one attached hydrogen (secondary N) is 3.